The zero-order valence-electron chi connectivity index (χ0n) is 11.6. The van der Waals surface area contributed by atoms with Crippen molar-refractivity contribution in [2.75, 3.05) is 18.5 Å². The van der Waals surface area contributed by atoms with Crippen LogP contribution in [0.15, 0.2) is 66.9 Å². The maximum atomic E-state index is 5.47. The molecule has 1 aliphatic rings. The fraction of sp³-hybridized carbons (Fsp3) is 0.167. The Hall–Kier alpha value is -2.39. The average Bonchev–Trinajstić information content (AvgIpc) is 2.51. The maximum absolute atomic E-state index is 5.47. The van der Waals surface area contributed by atoms with Gasteiger partial charge in [0.2, 0.25) is 0 Å². The zero-order valence-corrected chi connectivity index (χ0v) is 11.6. The number of anilines is 1. The van der Waals surface area contributed by atoms with E-state index in [1.54, 1.807) is 0 Å². The van der Waals surface area contributed by atoms with Crippen LogP contribution in [0, 0.1) is 0 Å². The van der Waals surface area contributed by atoms with Gasteiger partial charge in [0.1, 0.15) is 5.54 Å². The number of pyridine rings is 1. The summed E-state index contributed by atoms with van der Waals surface area (Å²) in [6.45, 7) is 1.38. The molecule has 1 aromatic heterocycles. The molecule has 1 N–H and O–H groups in total. The summed E-state index contributed by atoms with van der Waals surface area (Å²) in [6.07, 6.45) is 1.82. The van der Waals surface area contributed by atoms with Gasteiger partial charge in [-0.1, -0.05) is 42.5 Å². The summed E-state index contributed by atoms with van der Waals surface area (Å²) in [6, 6.07) is 20.8. The third-order valence-electron chi connectivity index (χ3n) is 4.01. The van der Waals surface area contributed by atoms with E-state index in [4.69, 9.17) is 4.74 Å². The van der Waals surface area contributed by atoms with Crippen LogP contribution in [0.5, 0.6) is 0 Å². The quantitative estimate of drug-likeness (QED) is 0.794. The lowest BCUT2D eigenvalue weighted by Crippen LogP contribution is -2.52. The van der Waals surface area contributed by atoms with Gasteiger partial charge in [-0.05, 0) is 23.8 Å². The molecule has 1 saturated heterocycles. The van der Waals surface area contributed by atoms with Gasteiger partial charge in [0.15, 0.2) is 0 Å². The van der Waals surface area contributed by atoms with Crippen molar-refractivity contribution < 1.29 is 4.74 Å². The molecule has 4 rings (SSSR count). The molecular weight excluding hydrogens is 260 g/mol. The van der Waals surface area contributed by atoms with E-state index in [0.29, 0.717) is 13.2 Å². The van der Waals surface area contributed by atoms with Crippen LogP contribution >= 0.6 is 0 Å². The lowest BCUT2D eigenvalue weighted by atomic mass is 9.87. The number of ether oxygens (including phenoxy) is 1. The van der Waals surface area contributed by atoms with Gasteiger partial charge in [0.25, 0.3) is 0 Å². The molecule has 2 heterocycles. The first-order valence-corrected chi connectivity index (χ1v) is 7.12. The molecule has 3 heteroatoms. The van der Waals surface area contributed by atoms with E-state index in [1.807, 2.05) is 18.3 Å². The van der Waals surface area contributed by atoms with E-state index in [1.165, 1.54) is 5.56 Å². The molecule has 0 amide bonds. The summed E-state index contributed by atoms with van der Waals surface area (Å²) < 4.78 is 5.47. The number of nitrogens with one attached hydrogen (secondary N) is 1. The molecule has 0 saturated carbocycles. The molecule has 1 fully saturated rings. The minimum absolute atomic E-state index is 0.121. The molecule has 0 unspecified atom stereocenters. The van der Waals surface area contributed by atoms with Crippen LogP contribution < -0.4 is 5.32 Å². The van der Waals surface area contributed by atoms with Crippen LogP contribution in [0.25, 0.3) is 10.9 Å². The second-order valence-corrected chi connectivity index (χ2v) is 5.48. The fourth-order valence-corrected chi connectivity index (χ4v) is 2.79. The van der Waals surface area contributed by atoms with Crippen LogP contribution in [0.2, 0.25) is 0 Å². The number of rotatable bonds is 3. The number of benzene rings is 2. The van der Waals surface area contributed by atoms with Gasteiger partial charge in [-0.25, -0.2) is 0 Å². The lowest BCUT2D eigenvalue weighted by Gasteiger charge is -2.43. The number of fused-ring (bicyclic) bond motifs is 1. The Balaban J connectivity index is 1.69. The first kappa shape index (κ1) is 12.4. The van der Waals surface area contributed by atoms with Crippen LogP contribution in [-0.2, 0) is 10.3 Å². The van der Waals surface area contributed by atoms with Gasteiger partial charge in [-0.3, -0.25) is 4.98 Å². The minimum Gasteiger partial charge on any atom is -0.376 e. The highest BCUT2D eigenvalue weighted by molar-refractivity contribution is 5.82. The van der Waals surface area contributed by atoms with Crippen molar-refractivity contribution in [3.63, 3.8) is 0 Å². The van der Waals surface area contributed by atoms with E-state index in [0.717, 1.165) is 16.6 Å². The first-order chi connectivity index (χ1) is 10.4. The normalized spacial score (nSPS) is 16.4. The highest BCUT2D eigenvalue weighted by atomic mass is 16.5. The Morgan fingerprint density at radius 1 is 0.952 bits per heavy atom. The molecule has 3 aromatic rings. The Bertz CT molecular complexity index is 766. The summed E-state index contributed by atoms with van der Waals surface area (Å²) in [5, 5.41) is 4.79. The molecule has 0 radical (unpaired) electrons. The molecule has 2 aromatic carbocycles. The summed E-state index contributed by atoms with van der Waals surface area (Å²) in [5.41, 5.74) is 3.22. The van der Waals surface area contributed by atoms with E-state index in [-0.39, 0.29) is 5.54 Å². The maximum Gasteiger partial charge on any atom is 0.110 e. The molecule has 104 valence electrons. The summed E-state index contributed by atoms with van der Waals surface area (Å²) in [4.78, 5) is 4.42. The van der Waals surface area contributed by atoms with Crippen LogP contribution in [0.1, 0.15) is 5.56 Å². The molecule has 3 nitrogen and oxygen atoms in total. The summed E-state index contributed by atoms with van der Waals surface area (Å²) >= 11 is 0. The van der Waals surface area contributed by atoms with Gasteiger partial charge in [-0.15, -0.1) is 0 Å². The SMILES string of the molecule is c1ccc(C2(Nc3ccc4cccnc4c3)COC2)cc1. The molecule has 1 aliphatic heterocycles. The number of hydrogen-bond donors (Lipinski definition) is 1. The average molecular weight is 276 g/mol. The second kappa shape index (κ2) is 4.86. The molecule has 0 spiro atoms. The first-order valence-electron chi connectivity index (χ1n) is 7.12. The van der Waals surface area contributed by atoms with Crippen molar-refractivity contribution in [1.29, 1.82) is 0 Å². The van der Waals surface area contributed by atoms with Gasteiger partial charge in [0.05, 0.1) is 18.7 Å². The number of nitrogens with zero attached hydrogens (tertiary/aromatic N) is 1. The van der Waals surface area contributed by atoms with Crippen molar-refractivity contribution in [3.8, 4) is 0 Å². The van der Waals surface area contributed by atoms with Crippen molar-refractivity contribution in [2.24, 2.45) is 0 Å². The highest BCUT2D eigenvalue weighted by Crippen LogP contribution is 2.34. The molecular formula is C18H16N2O. The third kappa shape index (κ3) is 2.16. The minimum atomic E-state index is -0.121. The standard InChI is InChI=1S/C18H16N2O/c1-2-6-15(7-3-1)18(12-21-13-18)20-16-9-8-14-5-4-10-19-17(14)11-16/h1-11,20H,12-13H2. The van der Waals surface area contributed by atoms with Gasteiger partial charge in [-0.2, -0.15) is 0 Å². The highest BCUT2D eigenvalue weighted by Gasteiger charge is 2.40. The van der Waals surface area contributed by atoms with Gasteiger partial charge in [0, 0.05) is 17.3 Å². The predicted molar refractivity (Wildman–Crippen MR) is 84.3 cm³/mol. The van der Waals surface area contributed by atoms with Crippen LogP contribution in [0.3, 0.4) is 0 Å². The smallest absolute Gasteiger partial charge is 0.110 e. The predicted octanol–water partition coefficient (Wildman–Crippen LogP) is 3.57. The Kier molecular flexibility index (Phi) is 2.86. The van der Waals surface area contributed by atoms with E-state index >= 15 is 0 Å². The van der Waals surface area contributed by atoms with E-state index in [2.05, 4.69) is 58.8 Å². The fourth-order valence-electron chi connectivity index (χ4n) is 2.79. The number of aromatic nitrogens is 1. The van der Waals surface area contributed by atoms with Crippen molar-refractivity contribution in [2.45, 2.75) is 5.54 Å². The third-order valence-corrected chi connectivity index (χ3v) is 4.01. The molecule has 21 heavy (non-hydrogen) atoms. The number of hydrogen-bond acceptors (Lipinski definition) is 3. The zero-order chi connectivity index (χ0) is 14.1. The van der Waals surface area contributed by atoms with Crippen molar-refractivity contribution >= 4 is 16.6 Å². The summed E-state index contributed by atoms with van der Waals surface area (Å²) in [5.74, 6) is 0. The van der Waals surface area contributed by atoms with E-state index in [9.17, 15) is 0 Å². The Labute approximate surface area is 123 Å². The molecule has 0 bridgehead atoms. The van der Waals surface area contributed by atoms with Gasteiger partial charge < -0.3 is 10.1 Å². The van der Waals surface area contributed by atoms with Gasteiger partial charge >= 0.3 is 0 Å². The second-order valence-electron chi connectivity index (χ2n) is 5.48. The van der Waals surface area contributed by atoms with Crippen LogP contribution in [-0.4, -0.2) is 18.2 Å². The Morgan fingerprint density at radius 2 is 1.81 bits per heavy atom. The topological polar surface area (TPSA) is 34.2 Å². The Morgan fingerprint density at radius 3 is 2.57 bits per heavy atom. The molecule has 0 aliphatic carbocycles. The van der Waals surface area contributed by atoms with Crippen molar-refractivity contribution in [3.05, 3.63) is 72.4 Å². The molecule has 0 atom stereocenters. The largest absolute Gasteiger partial charge is 0.376 e. The lowest BCUT2D eigenvalue weighted by molar-refractivity contribution is -0.0446. The van der Waals surface area contributed by atoms with E-state index < -0.39 is 0 Å². The summed E-state index contributed by atoms with van der Waals surface area (Å²) in [7, 11) is 0. The van der Waals surface area contributed by atoms with Crippen LogP contribution in [0.4, 0.5) is 5.69 Å². The van der Waals surface area contributed by atoms with Crippen molar-refractivity contribution in [1.82, 2.24) is 4.98 Å². The monoisotopic (exact) mass is 276 g/mol.